The Hall–Kier alpha value is -3.08. The lowest BCUT2D eigenvalue weighted by atomic mass is 10.2. The number of aromatic nitrogens is 2. The number of thioether (sulfide) groups is 1. The van der Waals surface area contributed by atoms with Crippen molar-refractivity contribution in [2.24, 2.45) is 0 Å². The Morgan fingerprint density at radius 1 is 1.21 bits per heavy atom. The summed E-state index contributed by atoms with van der Waals surface area (Å²) in [6, 6.07) is 19.9. The van der Waals surface area contributed by atoms with Crippen molar-refractivity contribution < 1.29 is 4.79 Å². The number of hydrogen-bond acceptors (Lipinski definition) is 5. The van der Waals surface area contributed by atoms with E-state index < -0.39 is 0 Å². The van der Waals surface area contributed by atoms with Gasteiger partial charge in [0.25, 0.3) is 0 Å². The van der Waals surface area contributed by atoms with E-state index >= 15 is 0 Å². The quantitative estimate of drug-likeness (QED) is 0.475. The Morgan fingerprint density at radius 2 is 2.00 bits per heavy atom. The van der Waals surface area contributed by atoms with Crippen LogP contribution < -0.4 is 5.32 Å². The van der Waals surface area contributed by atoms with Gasteiger partial charge in [-0.15, -0.1) is 11.3 Å². The van der Waals surface area contributed by atoms with Gasteiger partial charge in [0.2, 0.25) is 5.91 Å². The first-order valence-electron chi connectivity index (χ1n) is 8.60. The minimum Gasteiger partial charge on any atom is -0.316 e. The van der Waals surface area contributed by atoms with Gasteiger partial charge < -0.3 is 5.32 Å². The normalized spacial score (nSPS) is 10.7. The van der Waals surface area contributed by atoms with Crippen LogP contribution in [-0.4, -0.2) is 21.2 Å². The first-order valence-corrected chi connectivity index (χ1v) is 10.5. The molecule has 4 aromatic rings. The highest BCUT2D eigenvalue weighted by Crippen LogP contribution is 2.29. The highest BCUT2D eigenvalue weighted by atomic mass is 32.2. The van der Waals surface area contributed by atoms with E-state index in [9.17, 15) is 4.79 Å². The molecule has 0 saturated heterocycles. The number of benzene rings is 2. The van der Waals surface area contributed by atoms with Gasteiger partial charge in [-0.3, -0.25) is 9.36 Å². The zero-order chi connectivity index (χ0) is 19.5. The molecule has 1 amide bonds. The maximum absolute atomic E-state index is 12.4. The van der Waals surface area contributed by atoms with Crippen LogP contribution in [0.1, 0.15) is 11.1 Å². The number of fused-ring (bicyclic) bond motifs is 1. The molecule has 28 heavy (non-hydrogen) atoms. The number of anilines is 1. The van der Waals surface area contributed by atoms with Crippen LogP contribution in [0.2, 0.25) is 0 Å². The largest absolute Gasteiger partial charge is 0.316 e. The lowest BCUT2D eigenvalue weighted by molar-refractivity contribution is -0.113. The maximum atomic E-state index is 12.4. The molecule has 0 aliphatic rings. The minimum atomic E-state index is -0.161. The van der Waals surface area contributed by atoms with Crippen LogP contribution in [0.5, 0.6) is 0 Å². The molecule has 0 atom stereocenters. The molecule has 2 heterocycles. The third-order valence-corrected chi connectivity index (χ3v) is 5.96. The van der Waals surface area contributed by atoms with Crippen LogP contribution in [0.4, 0.5) is 5.00 Å². The minimum absolute atomic E-state index is 0.161. The molecule has 2 aromatic heterocycles. The van der Waals surface area contributed by atoms with Gasteiger partial charge in [-0.2, -0.15) is 5.26 Å². The molecule has 0 bridgehead atoms. The Balaban J connectivity index is 1.60. The van der Waals surface area contributed by atoms with Gasteiger partial charge >= 0.3 is 0 Å². The molecule has 7 heteroatoms. The van der Waals surface area contributed by atoms with Crippen molar-refractivity contribution in [1.29, 1.82) is 5.26 Å². The fourth-order valence-electron chi connectivity index (χ4n) is 2.83. The summed E-state index contributed by atoms with van der Waals surface area (Å²) in [7, 11) is 0. The van der Waals surface area contributed by atoms with E-state index in [0.717, 1.165) is 21.9 Å². The molecule has 0 unspecified atom stereocenters. The van der Waals surface area contributed by atoms with Crippen LogP contribution in [0.15, 0.2) is 65.1 Å². The molecule has 0 spiro atoms. The van der Waals surface area contributed by atoms with Crippen molar-refractivity contribution in [3.63, 3.8) is 0 Å². The third kappa shape index (κ3) is 3.65. The lowest BCUT2D eigenvalue weighted by Gasteiger charge is -2.09. The molecule has 1 N–H and O–H groups in total. The van der Waals surface area contributed by atoms with Gasteiger partial charge in [-0.05, 0) is 42.6 Å². The number of nitrogens with one attached hydrogen (secondary N) is 1. The van der Waals surface area contributed by atoms with E-state index in [1.807, 2.05) is 24.3 Å². The standard InChI is InChI=1S/C21H16N4OS2/c1-14-6-8-16(9-7-14)25-18-5-3-2-4-17(18)23-21(25)28-13-19(26)24-20-15(12-22)10-11-27-20/h2-11H,13H2,1H3,(H,24,26). The molecule has 0 aliphatic carbocycles. The molecule has 0 fully saturated rings. The summed E-state index contributed by atoms with van der Waals surface area (Å²) in [5.74, 6) is 0.0456. The average Bonchev–Trinajstić information content (AvgIpc) is 3.30. The molecular weight excluding hydrogens is 388 g/mol. The summed E-state index contributed by atoms with van der Waals surface area (Å²) < 4.78 is 2.07. The van der Waals surface area contributed by atoms with Crippen LogP contribution in [0.25, 0.3) is 16.7 Å². The Morgan fingerprint density at radius 3 is 2.79 bits per heavy atom. The summed E-state index contributed by atoms with van der Waals surface area (Å²) in [4.78, 5) is 17.1. The van der Waals surface area contributed by atoms with Crippen LogP contribution >= 0.6 is 23.1 Å². The summed E-state index contributed by atoms with van der Waals surface area (Å²) in [6.45, 7) is 2.05. The molecule has 5 nitrogen and oxygen atoms in total. The van der Waals surface area contributed by atoms with E-state index in [1.165, 1.54) is 28.7 Å². The predicted octanol–water partition coefficient (Wildman–Crippen LogP) is 5.00. The van der Waals surface area contributed by atoms with Gasteiger partial charge in [0, 0.05) is 5.69 Å². The van der Waals surface area contributed by atoms with Gasteiger partial charge in [-0.25, -0.2) is 4.98 Å². The number of rotatable bonds is 5. The lowest BCUT2D eigenvalue weighted by Crippen LogP contribution is -2.14. The van der Waals surface area contributed by atoms with Gasteiger partial charge in [0.1, 0.15) is 11.1 Å². The Bertz CT molecular complexity index is 1190. The molecular formula is C21H16N4OS2. The molecule has 4 rings (SSSR count). The van der Waals surface area contributed by atoms with Gasteiger partial charge in [-0.1, -0.05) is 41.6 Å². The zero-order valence-corrected chi connectivity index (χ0v) is 16.7. The van der Waals surface area contributed by atoms with Crippen molar-refractivity contribution in [1.82, 2.24) is 9.55 Å². The smallest absolute Gasteiger partial charge is 0.235 e. The maximum Gasteiger partial charge on any atom is 0.235 e. The Labute approximate surface area is 170 Å². The average molecular weight is 405 g/mol. The molecule has 138 valence electrons. The number of amides is 1. The molecule has 0 saturated carbocycles. The fourth-order valence-corrected chi connectivity index (χ4v) is 4.41. The van der Waals surface area contributed by atoms with Crippen LogP contribution in [0.3, 0.4) is 0 Å². The van der Waals surface area contributed by atoms with Crippen molar-refractivity contribution in [3.8, 4) is 11.8 Å². The van der Waals surface area contributed by atoms with E-state index in [2.05, 4.69) is 47.1 Å². The number of nitriles is 1. The zero-order valence-electron chi connectivity index (χ0n) is 15.0. The highest BCUT2D eigenvalue weighted by Gasteiger charge is 2.15. The molecule has 2 aromatic carbocycles. The summed E-state index contributed by atoms with van der Waals surface area (Å²) >= 11 is 2.72. The van der Waals surface area contributed by atoms with E-state index in [1.54, 1.807) is 11.4 Å². The van der Waals surface area contributed by atoms with Crippen LogP contribution in [0, 0.1) is 18.3 Å². The second kappa shape index (κ2) is 7.89. The van der Waals surface area contributed by atoms with Crippen molar-refractivity contribution in [2.45, 2.75) is 12.1 Å². The summed E-state index contributed by atoms with van der Waals surface area (Å²) in [5, 5.41) is 15.0. The number of hydrogen-bond donors (Lipinski definition) is 1. The topological polar surface area (TPSA) is 70.7 Å². The number of para-hydroxylation sites is 2. The number of nitrogens with zero attached hydrogens (tertiary/aromatic N) is 3. The second-order valence-corrected chi connectivity index (χ2v) is 8.02. The SMILES string of the molecule is Cc1ccc(-n2c(SCC(=O)Nc3sccc3C#N)nc3ccccc32)cc1. The van der Waals surface area contributed by atoms with Crippen molar-refractivity contribution >= 4 is 45.0 Å². The summed E-state index contributed by atoms with van der Waals surface area (Å²) in [5.41, 5.74) is 4.56. The first-order chi connectivity index (χ1) is 13.7. The van der Waals surface area contributed by atoms with E-state index in [0.29, 0.717) is 10.6 Å². The number of thiophene rings is 1. The Kier molecular flexibility index (Phi) is 5.15. The predicted molar refractivity (Wildman–Crippen MR) is 114 cm³/mol. The fraction of sp³-hybridized carbons (Fsp3) is 0.0952. The van der Waals surface area contributed by atoms with Gasteiger partial charge in [0.15, 0.2) is 5.16 Å². The number of carbonyl (C=O) groups is 1. The molecule has 0 aliphatic heterocycles. The second-order valence-electron chi connectivity index (χ2n) is 6.17. The summed E-state index contributed by atoms with van der Waals surface area (Å²) in [6.07, 6.45) is 0. The third-order valence-electron chi connectivity index (χ3n) is 4.19. The van der Waals surface area contributed by atoms with Crippen molar-refractivity contribution in [3.05, 3.63) is 71.1 Å². The number of carbonyl (C=O) groups excluding carboxylic acids is 1. The first kappa shape index (κ1) is 18.3. The van der Waals surface area contributed by atoms with Crippen LogP contribution in [-0.2, 0) is 4.79 Å². The number of imidazole rings is 1. The molecule has 0 radical (unpaired) electrons. The van der Waals surface area contributed by atoms with Crippen molar-refractivity contribution in [2.75, 3.05) is 11.1 Å². The van der Waals surface area contributed by atoms with Gasteiger partial charge in [0.05, 0.1) is 22.3 Å². The van der Waals surface area contributed by atoms with E-state index in [4.69, 9.17) is 10.2 Å². The monoisotopic (exact) mass is 404 g/mol. The van der Waals surface area contributed by atoms with E-state index in [-0.39, 0.29) is 11.7 Å². The highest BCUT2D eigenvalue weighted by molar-refractivity contribution is 7.99. The number of aryl methyl sites for hydroxylation is 1.